The maximum Gasteiger partial charge on any atom is 0.348 e. The average Bonchev–Trinajstić information content (AvgIpc) is 3.04. The van der Waals surface area contributed by atoms with E-state index in [1.54, 1.807) is 43.3 Å². The van der Waals surface area contributed by atoms with Gasteiger partial charge < -0.3 is 18.9 Å². The number of para-hydroxylation sites is 1. The van der Waals surface area contributed by atoms with E-state index in [9.17, 15) is 14.4 Å². The van der Waals surface area contributed by atoms with Crippen molar-refractivity contribution in [2.45, 2.75) is 18.9 Å². The molecule has 2 atom stereocenters. The number of carbonyl (C=O) groups excluding carboxylic acids is 1. The third-order valence-corrected chi connectivity index (χ3v) is 4.36. The van der Waals surface area contributed by atoms with Crippen molar-refractivity contribution in [3.63, 3.8) is 0 Å². The van der Waals surface area contributed by atoms with Gasteiger partial charge in [0.15, 0.2) is 0 Å². The monoisotopic (exact) mass is 353 g/mol. The first-order chi connectivity index (χ1) is 12.6. The highest BCUT2D eigenvalue weighted by Crippen LogP contribution is 2.43. The van der Waals surface area contributed by atoms with E-state index in [-0.39, 0.29) is 23.5 Å². The predicted octanol–water partition coefficient (Wildman–Crippen LogP) is 1.94. The molecule has 2 aromatic heterocycles. The topological polar surface area (TPSA) is 98.6 Å². The zero-order valence-corrected chi connectivity index (χ0v) is 13.9. The van der Waals surface area contributed by atoms with Crippen LogP contribution in [0.5, 0.6) is 5.75 Å². The molecule has 0 fully saturated rings. The molecule has 0 saturated heterocycles. The lowest BCUT2D eigenvalue weighted by atomic mass is 9.89. The number of aromatic amines is 1. The van der Waals surface area contributed by atoms with Crippen LogP contribution in [0, 0.1) is 0 Å². The van der Waals surface area contributed by atoms with Gasteiger partial charge in [0.2, 0.25) is 6.10 Å². The Morgan fingerprint density at radius 3 is 2.77 bits per heavy atom. The van der Waals surface area contributed by atoms with Crippen molar-refractivity contribution in [1.29, 1.82) is 0 Å². The Bertz CT molecular complexity index is 1110. The molecule has 3 aromatic rings. The normalized spacial score (nSPS) is 18.3. The second-order valence-electron chi connectivity index (χ2n) is 5.85. The number of pyridine rings is 1. The first-order valence-corrected chi connectivity index (χ1v) is 8.18. The molecule has 0 saturated carbocycles. The number of esters is 1. The Kier molecular flexibility index (Phi) is 3.84. The highest BCUT2D eigenvalue weighted by molar-refractivity contribution is 5.88. The lowest BCUT2D eigenvalue weighted by molar-refractivity contribution is -0.151. The van der Waals surface area contributed by atoms with Crippen molar-refractivity contribution in [3.8, 4) is 5.75 Å². The van der Waals surface area contributed by atoms with Crippen molar-refractivity contribution in [3.05, 3.63) is 74.5 Å². The van der Waals surface area contributed by atoms with Crippen LogP contribution < -0.4 is 15.9 Å². The summed E-state index contributed by atoms with van der Waals surface area (Å²) in [6, 6.07) is 10.1. The molecule has 2 unspecified atom stereocenters. The van der Waals surface area contributed by atoms with Gasteiger partial charge in [-0.3, -0.25) is 4.79 Å². The van der Waals surface area contributed by atoms with E-state index >= 15 is 0 Å². The van der Waals surface area contributed by atoms with Gasteiger partial charge in [-0.05, 0) is 25.1 Å². The number of fused-ring (bicyclic) bond motifs is 3. The molecule has 1 aromatic carbocycles. The molecule has 0 bridgehead atoms. The molecule has 0 aliphatic carbocycles. The Balaban J connectivity index is 2.00. The standard InChI is InChI=1S/C19H15NO6/c1-2-24-19(23)16-13(11-7-5-9-20-17(11)21)14-15(26-16)10-6-3-4-8-12(10)25-18(14)22/h3-9,13,16H,2H2,1H3,(H,20,21). The van der Waals surface area contributed by atoms with Crippen molar-refractivity contribution in [1.82, 2.24) is 4.98 Å². The van der Waals surface area contributed by atoms with E-state index in [1.165, 1.54) is 6.20 Å². The Labute approximate surface area is 147 Å². The molecule has 3 heterocycles. The van der Waals surface area contributed by atoms with E-state index in [0.29, 0.717) is 11.0 Å². The summed E-state index contributed by atoms with van der Waals surface area (Å²) in [6.45, 7) is 1.83. The van der Waals surface area contributed by atoms with E-state index in [2.05, 4.69) is 4.98 Å². The number of rotatable bonds is 3. The summed E-state index contributed by atoms with van der Waals surface area (Å²) in [4.78, 5) is 40.0. The van der Waals surface area contributed by atoms with Crippen LogP contribution in [0.4, 0.5) is 0 Å². The van der Waals surface area contributed by atoms with Crippen molar-refractivity contribution < 1.29 is 18.7 Å². The number of nitrogens with one attached hydrogen (secondary N) is 1. The molecular weight excluding hydrogens is 338 g/mol. The minimum Gasteiger partial charge on any atom is -0.476 e. The van der Waals surface area contributed by atoms with Crippen molar-refractivity contribution >= 4 is 16.9 Å². The molecule has 7 heteroatoms. The molecule has 1 aliphatic heterocycles. The molecule has 7 nitrogen and oxygen atoms in total. The summed E-state index contributed by atoms with van der Waals surface area (Å²) in [5, 5.41) is 0.561. The third kappa shape index (κ3) is 2.40. The highest BCUT2D eigenvalue weighted by Gasteiger charge is 2.46. The molecule has 132 valence electrons. The average molecular weight is 353 g/mol. The molecule has 1 N–H and O–H groups in total. The van der Waals surface area contributed by atoms with Crippen LogP contribution in [-0.4, -0.2) is 23.7 Å². The fourth-order valence-electron chi connectivity index (χ4n) is 3.28. The summed E-state index contributed by atoms with van der Waals surface area (Å²) >= 11 is 0. The number of carbonyl (C=O) groups is 1. The molecular formula is C19H15NO6. The molecule has 26 heavy (non-hydrogen) atoms. The Hall–Kier alpha value is -3.35. The van der Waals surface area contributed by atoms with Crippen molar-refractivity contribution in [2.24, 2.45) is 0 Å². The van der Waals surface area contributed by atoms with Crippen LogP contribution in [0.15, 0.2) is 56.6 Å². The molecule has 1 aliphatic rings. The molecule has 0 amide bonds. The molecule has 0 spiro atoms. The minimum absolute atomic E-state index is 0.151. The van der Waals surface area contributed by atoms with Gasteiger partial charge in [0.25, 0.3) is 5.56 Å². The lowest BCUT2D eigenvalue weighted by Gasteiger charge is -2.16. The van der Waals surface area contributed by atoms with E-state index in [1.807, 2.05) is 0 Å². The Morgan fingerprint density at radius 1 is 1.19 bits per heavy atom. The van der Waals surface area contributed by atoms with Gasteiger partial charge in [0.05, 0.1) is 23.5 Å². The van der Waals surface area contributed by atoms with Crippen molar-refractivity contribution in [2.75, 3.05) is 6.61 Å². The largest absolute Gasteiger partial charge is 0.476 e. The first-order valence-electron chi connectivity index (χ1n) is 8.18. The van der Waals surface area contributed by atoms with Crippen LogP contribution in [0.2, 0.25) is 0 Å². The van der Waals surface area contributed by atoms with Gasteiger partial charge in [-0.1, -0.05) is 18.2 Å². The SMILES string of the molecule is CCOC(=O)C1Oc2c(c(=O)oc3ccccc23)C1c1ccc[nH]c1=O. The van der Waals surface area contributed by atoms with Crippen LogP contribution in [0.1, 0.15) is 24.0 Å². The summed E-state index contributed by atoms with van der Waals surface area (Å²) in [5.41, 5.74) is -0.304. The maximum atomic E-state index is 12.6. The number of hydrogen-bond donors (Lipinski definition) is 1. The fourth-order valence-corrected chi connectivity index (χ4v) is 3.28. The second kappa shape index (κ2) is 6.18. The van der Waals surface area contributed by atoms with E-state index in [4.69, 9.17) is 13.9 Å². The quantitative estimate of drug-likeness (QED) is 0.571. The maximum absolute atomic E-state index is 12.6. The summed E-state index contributed by atoms with van der Waals surface area (Å²) < 4.78 is 16.3. The first kappa shape index (κ1) is 16.1. The van der Waals surface area contributed by atoms with E-state index in [0.717, 1.165) is 0 Å². The minimum atomic E-state index is -1.14. The number of hydrogen-bond acceptors (Lipinski definition) is 6. The molecule has 0 radical (unpaired) electrons. The zero-order valence-electron chi connectivity index (χ0n) is 13.9. The van der Waals surface area contributed by atoms with Crippen LogP contribution in [0.3, 0.4) is 0 Å². The number of ether oxygens (including phenoxy) is 2. The number of benzene rings is 1. The molecule has 4 rings (SSSR count). The van der Waals surface area contributed by atoms with E-state index < -0.39 is 29.2 Å². The van der Waals surface area contributed by atoms with Crippen LogP contribution >= 0.6 is 0 Å². The Morgan fingerprint density at radius 2 is 2.00 bits per heavy atom. The predicted molar refractivity (Wildman–Crippen MR) is 92.4 cm³/mol. The number of H-pyrrole nitrogens is 1. The van der Waals surface area contributed by atoms with Crippen LogP contribution in [-0.2, 0) is 9.53 Å². The zero-order chi connectivity index (χ0) is 18.3. The van der Waals surface area contributed by atoms with Gasteiger partial charge in [-0.15, -0.1) is 0 Å². The fraction of sp³-hybridized carbons (Fsp3) is 0.211. The van der Waals surface area contributed by atoms with Gasteiger partial charge in [-0.2, -0.15) is 0 Å². The summed E-state index contributed by atoms with van der Waals surface area (Å²) in [6.07, 6.45) is 0.340. The third-order valence-electron chi connectivity index (χ3n) is 4.36. The van der Waals surface area contributed by atoms with Gasteiger partial charge >= 0.3 is 11.6 Å². The van der Waals surface area contributed by atoms with Crippen LogP contribution in [0.25, 0.3) is 11.0 Å². The summed E-state index contributed by atoms with van der Waals surface area (Å²) in [5.74, 6) is -1.29. The smallest absolute Gasteiger partial charge is 0.348 e. The second-order valence-corrected chi connectivity index (χ2v) is 5.85. The van der Waals surface area contributed by atoms with Gasteiger partial charge in [0.1, 0.15) is 11.3 Å². The summed E-state index contributed by atoms with van der Waals surface area (Å²) in [7, 11) is 0. The lowest BCUT2D eigenvalue weighted by Crippen LogP contribution is -2.35. The number of aromatic nitrogens is 1. The van der Waals surface area contributed by atoms with Gasteiger partial charge in [0, 0.05) is 11.8 Å². The highest BCUT2D eigenvalue weighted by atomic mass is 16.6. The van der Waals surface area contributed by atoms with Gasteiger partial charge in [-0.25, -0.2) is 9.59 Å².